The number of ether oxygens (including phenoxy) is 1. The molecule has 0 saturated heterocycles. The van der Waals surface area contributed by atoms with Crippen LogP contribution in [-0.2, 0) is 4.79 Å². The molecule has 1 heterocycles. The van der Waals surface area contributed by atoms with Gasteiger partial charge in [0.1, 0.15) is 11.3 Å². The van der Waals surface area contributed by atoms with Gasteiger partial charge in [-0.1, -0.05) is 48.5 Å². The number of rotatable bonds is 4. The predicted molar refractivity (Wildman–Crippen MR) is 94.8 cm³/mol. The average molecular weight is 345 g/mol. The first-order valence-corrected chi connectivity index (χ1v) is 8.01. The second-order valence-electron chi connectivity index (χ2n) is 5.82. The zero-order chi connectivity index (χ0) is 18.1. The number of carbonyl (C=O) groups excluding carboxylic acids is 1. The summed E-state index contributed by atoms with van der Waals surface area (Å²) < 4.78 is 11.0. The summed E-state index contributed by atoms with van der Waals surface area (Å²) in [5, 5.41) is 13.5. The fourth-order valence-corrected chi connectivity index (χ4v) is 2.95. The highest BCUT2D eigenvalue weighted by molar-refractivity contribution is 6.04. The topological polar surface area (TPSA) is 79.6 Å². The minimum absolute atomic E-state index is 0.272. The van der Waals surface area contributed by atoms with Crippen LogP contribution in [0.1, 0.15) is 11.7 Å². The first kappa shape index (κ1) is 15.9. The van der Waals surface area contributed by atoms with E-state index in [0.29, 0.717) is 16.5 Å². The molecular formula is C21H13O5-. The Morgan fingerprint density at radius 2 is 1.58 bits per heavy atom. The highest BCUT2D eigenvalue weighted by Crippen LogP contribution is 2.28. The summed E-state index contributed by atoms with van der Waals surface area (Å²) in [6, 6.07) is 20.6. The molecule has 1 atom stereocenters. The van der Waals surface area contributed by atoms with E-state index in [1.165, 1.54) is 6.07 Å². The molecule has 0 spiro atoms. The molecule has 5 heteroatoms. The van der Waals surface area contributed by atoms with Crippen molar-refractivity contribution in [2.24, 2.45) is 0 Å². The molecule has 0 aliphatic carbocycles. The van der Waals surface area contributed by atoms with Gasteiger partial charge in [0, 0.05) is 11.5 Å². The Labute approximate surface area is 148 Å². The lowest BCUT2D eigenvalue weighted by Gasteiger charge is -2.20. The van der Waals surface area contributed by atoms with E-state index in [1.807, 2.05) is 12.1 Å². The summed E-state index contributed by atoms with van der Waals surface area (Å²) >= 11 is 0. The number of hydrogen-bond donors (Lipinski definition) is 0. The molecule has 0 saturated carbocycles. The normalized spacial score (nSPS) is 12.2. The molecular weight excluding hydrogens is 332 g/mol. The van der Waals surface area contributed by atoms with Crippen LogP contribution in [0.5, 0.6) is 5.75 Å². The fraction of sp³-hybridized carbons (Fsp3) is 0.0476. The van der Waals surface area contributed by atoms with Crippen LogP contribution in [0.3, 0.4) is 0 Å². The molecule has 3 aromatic carbocycles. The van der Waals surface area contributed by atoms with Gasteiger partial charge in [-0.3, -0.25) is 0 Å². The molecule has 0 N–H and O–H groups in total. The van der Waals surface area contributed by atoms with Gasteiger partial charge in [-0.15, -0.1) is 0 Å². The second-order valence-corrected chi connectivity index (χ2v) is 5.82. The second kappa shape index (κ2) is 6.37. The number of carboxylic acids is 1. The smallest absolute Gasteiger partial charge is 0.344 e. The third-order valence-corrected chi connectivity index (χ3v) is 4.16. The van der Waals surface area contributed by atoms with Crippen molar-refractivity contribution < 1.29 is 19.1 Å². The number of carbonyl (C=O) groups is 1. The first-order valence-electron chi connectivity index (χ1n) is 8.01. The van der Waals surface area contributed by atoms with Gasteiger partial charge in [-0.25, -0.2) is 4.79 Å². The maximum atomic E-state index is 12.1. The summed E-state index contributed by atoms with van der Waals surface area (Å²) in [6.45, 7) is 0. The van der Waals surface area contributed by atoms with Crippen LogP contribution < -0.4 is 15.5 Å². The summed E-state index contributed by atoms with van der Waals surface area (Å²) in [7, 11) is 0. The Hall–Kier alpha value is -3.60. The Kier molecular flexibility index (Phi) is 3.89. The van der Waals surface area contributed by atoms with Crippen LogP contribution in [0, 0.1) is 0 Å². The minimum atomic E-state index is -1.35. The van der Waals surface area contributed by atoms with Gasteiger partial charge >= 0.3 is 5.63 Å². The zero-order valence-electron chi connectivity index (χ0n) is 13.5. The van der Waals surface area contributed by atoms with Crippen molar-refractivity contribution in [2.75, 3.05) is 0 Å². The van der Waals surface area contributed by atoms with E-state index in [2.05, 4.69) is 0 Å². The Morgan fingerprint density at radius 1 is 0.885 bits per heavy atom. The van der Waals surface area contributed by atoms with Crippen LogP contribution >= 0.6 is 0 Å². The fourth-order valence-electron chi connectivity index (χ4n) is 2.95. The standard InChI is InChI=1S/C21H14O5/c22-20(23)19(13-6-2-1-3-7-13)25-14-10-11-16-15-8-4-5-9-17(15)21(24)26-18(16)12-14/h1-12,19H,(H,22,23)/p-1/t19-/m1/s1. The maximum absolute atomic E-state index is 12.1. The largest absolute Gasteiger partial charge is 0.546 e. The molecule has 0 amide bonds. The summed E-state index contributed by atoms with van der Waals surface area (Å²) in [4.78, 5) is 23.6. The van der Waals surface area contributed by atoms with E-state index in [-0.39, 0.29) is 5.75 Å². The number of benzene rings is 3. The molecule has 128 valence electrons. The van der Waals surface area contributed by atoms with E-state index in [1.54, 1.807) is 54.6 Å². The third kappa shape index (κ3) is 2.80. The van der Waals surface area contributed by atoms with Gasteiger partial charge in [0.05, 0.1) is 11.4 Å². The van der Waals surface area contributed by atoms with Crippen LogP contribution in [0.4, 0.5) is 0 Å². The van der Waals surface area contributed by atoms with E-state index < -0.39 is 17.7 Å². The summed E-state index contributed by atoms with van der Waals surface area (Å²) in [5.41, 5.74) is 0.341. The highest BCUT2D eigenvalue weighted by Gasteiger charge is 2.15. The Bertz CT molecular complexity index is 1160. The molecule has 0 fully saturated rings. The molecule has 0 aliphatic heterocycles. The molecule has 5 nitrogen and oxygen atoms in total. The minimum Gasteiger partial charge on any atom is -0.546 e. The molecule has 0 radical (unpaired) electrons. The van der Waals surface area contributed by atoms with Crippen molar-refractivity contribution >= 4 is 27.7 Å². The van der Waals surface area contributed by atoms with E-state index in [4.69, 9.17) is 9.15 Å². The zero-order valence-corrected chi connectivity index (χ0v) is 13.5. The lowest BCUT2D eigenvalue weighted by atomic mass is 10.1. The van der Waals surface area contributed by atoms with Crippen LogP contribution in [0.15, 0.2) is 82.0 Å². The van der Waals surface area contributed by atoms with Gasteiger partial charge in [0.25, 0.3) is 0 Å². The van der Waals surface area contributed by atoms with Crippen molar-refractivity contribution in [1.82, 2.24) is 0 Å². The number of hydrogen-bond acceptors (Lipinski definition) is 5. The van der Waals surface area contributed by atoms with Crippen LogP contribution in [0.2, 0.25) is 0 Å². The van der Waals surface area contributed by atoms with Crippen LogP contribution in [0.25, 0.3) is 21.7 Å². The van der Waals surface area contributed by atoms with Crippen molar-refractivity contribution in [2.45, 2.75) is 6.10 Å². The van der Waals surface area contributed by atoms with Gasteiger partial charge in [0.15, 0.2) is 6.10 Å². The van der Waals surface area contributed by atoms with Crippen molar-refractivity contribution in [3.63, 3.8) is 0 Å². The van der Waals surface area contributed by atoms with Crippen molar-refractivity contribution in [1.29, 1.82) is 0 Å². The molecule has 26 heavy (non-hydrogen) atoms. The Balaban J connectivity index is 1.79. The highest BCUT2D eigenvalue weighted by atomic mass is 16.5. The monoisotopic (exact) mass is 345 g/mol. The van der Waals surface area contributed by atoms with E-state index >= 15 is 0 Å². The number of carboxylic acid groups (broad SMARTS) is 1. The number of aliphatic carboxylic acids is 1. The predicted octanol–water partition coefficient (Wildman–Crippen LogP) is 2.82. The first-order chi connectivity index (χ1) is 12.6. The van der Waals surface area contributed by atoms with Gasteiger partial charge in [-0.2, -0.15) is 0 Å². The van der Waals surface area contributed by atoms with Gasteiger partial charge in [0.2, 0.25) is 0 Å². The average Bonchev–Trinajstić information content (AvgIpc) is 2.66. The molecule has 0 aliphatic rings. The third-order valence-electron chi connectivity index (χ3n) is 4.16. The SMILES string of the molecule is O=C([O-])[C@H](Oc1ccc2c(c1)oc(=O)c1ccccc12)c1ccccc1. The molecule has 0 unspecified atom stereocenters. The summed E-state index contributed by atoms with van der Waals surface area (Å²) in [6.07, 6.45) is -1.26. The van der Waals surface area contributed by atoms with E-state index in [9.17, 15) is 14.7 Å². The van der Waals surface area contributed by atoms with Crippen molar-refractivity contribution in [3.8, 4) is 5.75 Å². The summed E-state index contributed by atoms with van der Waals surface area (Å²) in [5.74, 6) is -1.08. The molecule has 4 rings (SSSR count). The van der Waals surface area contributed by atoms with Gasteiger partial charge < -0.3 is 19.1 Å². The maximum Gasteiger partial charge on any atom is 0.344 e. The van der Waals surface area contributed by atoms with E-state index in [0.717, 1.165) is 10.8 Å². The number of fused-ring (bicyclic) bond motifs is 3. The molecule has 1 aromatic heterocycles. The Morgan fingerprint density at radius 3 is 2.31 bits per heavy atom. The molecule has 4 aromatic rings. The molecule has 0 bridgehead atoms. The quantitative estimate of drug-likeness (QED) is 0.420. The van der Waals surface area contributed by atoms with Crippen LogP contribution in [-0.4, -0.2) is 5.97 Å². The lowest BCUT2D eigenvalue weighted by molar-refractivity contribution is -0.314. The lowest BCUT2D eigenvalue weighted by Crippen LogP contribution is -2.33. The van der Waals surface area contributed by atoms with Gasteiger partial charge in [-0.05, 0) is 29.1 Å². The van der Waals surface area contributed by atoms with Crippen molar-refractivity contribution in [3.05, 3.63) is 88.8 Å².